The first-order chi connectivity index (χ1) is 38.9. The van der Waals surface area contributed by atoms with E-state index in [4.69, 9.17) is 37.0 Å². The van der Waals surface area contributed by atoms with Crippen molar-refractivity contribution in [1.29, 1.82) is 0 Å². The van der Waals surface area contributed by atoms with Crippen molar-refractivity contribution in [2.75, 3.05) is 39.6 Å². The summed E-state index contributed by atoms with van der Waals surface area (Å²) in [7, 11) is -9.88. The molecule has 3 N–H and O–H groups in total. The van der Waals surface area contributed by atoms with Gasteiger partial charge in [-0.3, -0.25) is 37.3 Å². The Morgan fingerprint density at radius 1 is 0.333 bits per heavy atom. The number of ether oxygens (including phenoxy) is 4. The molecule has 0 aromatic rings. The molecular formula is C62H120O17P2. The average molecular weight is 1200 g/mol. The van der Waals surface area contributed by atoms with Crippen LogP contribution in [0.1, 0.15) is 305 Å². The number of esters is 4. The Morgan fingerprint density at radius 3 is 0.840 bits per heavy atom. The molecule has 0 bridgehead atoms. The lowest BCUT2D eigenvalue weighted by Crippen LogP contribution is -2.30. The fourth-order valence-electron chi connectivity index (χ4n) is 9.18. The van der Waals surface area contributed by atoms with Crippen LogP contribution in [-0.4, -0.2) is 96.7 Å². The zero-order chi connectivity index (χ0) is 60.1. The van der Waals surface area contributed by atoms with Crippen molar-refractivity contribution in [2.24, 2.45) is 11.8 Å². The molecule has 0 radical (unpaired) electrons. The van der Waals surface area contributed by atoms with E-state index >= 15 is 0 Å². The highest BCUT2D eigenvalue weighted by Crippen LogP contribution is 2.45. The quantitative estimate of drug-likeness (QED) is 0.0222. The lowest BCUT2D eigenvalue weighted by atomic mass is 10.0. The topological polar surface area (TPSA) is 237 Å². The van der Waals surface area contributed by atoms with E-state index in [1.54, 1.807) is 0 Å². The molecule has 0 saturated carbocycles. The highest BCUT2D eigenvalue weighted by Gasteiger charge is 2.30. The van der Waals surface area contributed by atoms with Gasteiger partial charge < -0.3 is 33.8 Å². The van der Waals surface area contributed by atoms with Gasteiger partial charge in [0.15, 0.2) is 12.2 Å². The van der Waals surface area contributed by atoms with Crippen molar-refractivity contribution in [3.05, 3.63) is 0 Å². The van der Waals surface area contributed by atoms with E-state index in [-0.39, 0.29) is 25.7 Å². The van der Waals surface area contributed by atoms with Gasteiger partial charge in [0.2, 0.25) is 0 Å². The van der Waals surface area contributed by atoms with Crippen LogP contribution in [0.25, 0.3) is 0 Å². The van der Waals surface area contributed by atoms with Crippen molar-refractivity contribution in [2.45, 2.75) is 323 Å². The van der Waals surface area contributed by atoms with Gasteiger partial charge in [0.25, 0.3) is 0 Å². The molecule has 0 saturated heterocycles. The van der Waals surface area contributed by atoms with Crippen LogP contribution in [0.15, 0.2) is 0 Å². The molecule has 5 atom stereocenters. The van der Waals surface area contributed by atoms with E-state index < -0.39 is 97.5 Å². The number of carbonyl (C=O) groups is 4. The predicted molar refractivity (Wildman–Crippen MR) is 321 cm³/mol. The lowest BCUT2D eigenvalue weighted by Gasteiger charge is -2.21. The average Bonchev–Trinajstić information content (AvgIpc) is 3.42. The number of aliphatic hydroxyl groups excluding tert-OH is 1. The first-order valence-electron chi connectivity index (χ1n) is 32.5. The third-order valence-electron chi connectivity index (χ3n) is 14.2. The predicted octanol–water partition coefficient (Wildman–Crippen LogP) is 16.9. The Bertz CT molecular complexity index is 1600. The summed E-state index contributed by atoms with van der Waals surface area (Å²) in [6.07, 6.45) is 36.4. The fraction of sp³-hybridized carbons (Fsp3) is 0.935. The van der Waals surface area contributed by atoms with Crippen LogP contribution in [0.5, 0.6) is 0 Å². The molecule has 0 fully saturated rings. The summed E-state index contributed by atoms with van der Waals surface area (Å²) < 4.78 is 67.8. The molecule has 0 aliphatic heterocycles. The van der Waals surface area contributed by atoms with E-state index in [0.717, 1.165) is 109 Å². The monoisotopic (exact) mass is 1200 g/mol. The second-order valence-electron chi connectivity index (χ2n) is 23.4. The Morgan fingerprint density at radius 2 is 0.568 bits per heavy atom. The van der Waals surface area contributed by atoms with Gasteiger partial charge in [-0.05, 0) is 37.5 Å². The normalized spacial score (nSPS) is 14.4. The number of hydrogen-bond acceptors (Lipinski definition) is 15. The first kappa shape index (κ1) is 79.1. The molecule has 0 aliphatic carbocycles. The molecule has 0 heterocycles. The van der Waals surface area contributed by atoms with E-state index in [1.807, 2.05) is 0 Å². The van der Waals surface area contributed by atoms with Gasteiger partial charge in [-0.2, -0.15) is 0 Å². The Labute approximate surface area is 492 Å². The number of aliphatic hydroxyl groups is 1. The maximum Gasteiger partial charge on any atom is 0.472 e. The van der Waals surface area contributed by atoms with Crippen molar-refractivity contribution in [3.63, 3.8) is 0 Å². The number of rotatable bonds is 61. The van der Waals surface area contributed by atoms with Crippen LogP contribution in [0, 0.1) is 11.8 Å². The summed E-state index contributed by atoms with van der Waals surface area (Å²) in [6.45, 7) is 9.34. The lowest BCUT2D eigenvalue weighted by molar-refractivity contribution is -0.161. The van der Waals surface area contributed by atoms with Gasteiger partial charge in [0.1, 0.15) is 19.3 Å². The molecule has 0 amide bonds. The number of carbonyl (C=O) groups excluding carboxylic acids is 4. The van der Waals surface area contributed by atoms with Gasteiger partial charge in [-0.1, -0.05) is 253 Å². The number of hydrogen-bond donors (Lipinski definition) is 3. The Hall–Kier alpha value is -1.94. The highest BCUT2D eigenvalue weighted by molar-refractivity contribution is 7.47. The molecule has 0 aliphatic rings. The van der Waals surface area contributed by atoms with E-state index in [2.05, 4.69) is 41.5 Å². The molecule has 81 heavy (non-hydrogen) atoms. The molecule has 17 nitrogen and oxygen atoms in total. The summed E-state index contributed by atoms with van der Waals surface area (Å²) in [5, 5.41) is 10.5. The van der Waals surface area contributed by atoms with Gasteiger partial charge in [-0.25, -0.2) is 9.13 Å². The van der Waals surface area contributed by atoms with E-state index in [1.165, 1.54) is 109 Å². The molecule has 480 valence electrons. The minimum Gasteiger partial charge on any atom is -0.462 e. The van der Waals surface area contributed by atoms with Crippen molar-refractivity contribution >= 4 is 39.5 Å². The van der Waals surface area contributed by atoms with E-state index in [9.17, 15) is 43.2 Å². The Kier molecular flexibility index (Phi) is 53.4. The zero-order valence-corrected chi connectivity index (χ0v) is 53.9. The molecule has 19 heteroatoms. The largest absolute Gasteiger partial charge is 0.472 e. The van der Waals surface area contributed by atoms with E-state index in [0.29, 0.717) is 31.6 Å². The molecule has 0 aromatic heterocycles. The standard InChI is InChI=1S/C62H120O17P2/c1-7-9-11-13-15-16-17-18-22-26-33-39-45-60(65)73-51-57(78-61(66)46-40-34-27-23-20-19-21-25-30-36-42-54(3)4)52-76-80(68,69)74-48-56(63)49-75-81(70,71)77-53-58(50-72-59(64)44-38-32-24-14-12-10-8-2)79-62(67)47-41-35-29-28-31-37-43-55(5)6/h54-58,63H,7-53H2,1-6H3,(H,68,69)(H,70,71)/t56-,57-,58-/m1/s1. The SMILES string of the molecule is CCCCCCCCCCCCCCC(=O)OC[C@H](COP(=O)(O)OC[C@@H](O)COP(=O)(O)OC[C@@H](COC(=O)CCCCCCCCC)OC(=O)CCCCCCCCC(C)C)OC(=O)CCCCCCCCCCCCC(C)C. The van der Waals surface area contributed by atoms with Crippen LogP contribution in [0.4, 0.5) is 0 Å². The molecule has 2 unspecified atom stereocenters. The fourth-order valence-corrected chi connectivity index (χ4v) is 10.8. The maximum absolute atomic E-state index is 13.0. The van der Waals surface area contributed by atoms with Gasteiger partial charge in [-0.15, -0.1) is 0 Å². The highest BCUT2D eigenvalue weighted by atomic mass is 31.2. The molecular weight excluding hydrogens is 1080 g/mol. The summed E-state index contributed by atoms with van der Waals surface area (Å²) in [4.78, 5) is 72.0. The van der Waals surface area contributed by atoms with Crippen LogP contribution in [0.2, 0.25) is 0 Å². The van der Waals surface area contributed by atoms with Crippen LogP contribution >= 0.6 is 15.6 Å². The second kappa shape index (κ2) is 54.7. The minimum atomic E-state index is -4.94. The van der Waals surface area contributed by atoms with Crippen molar-refractivity contribution in [3.8, 4) is 0 Å². The summed E-state index contributed by atoms with van der Waals surface area (Å²) in [5.41, 5.74) is 0. The van der Waals surface area contributed by atoms with Gasteiger partial charge in [0.05, 0.1) is 26.4 Å². The molecule has 0 rings (SSSR count). The minimum absolute atomic E-state index is 0.102. The zero-order valence-electron chi connectivity index (χ0n) is 52.1. The second-order valence-corrected chi connectivity index (χ2v) is 26.3. The van der Waals surface area contributed by atoms with Crippen LogP contribution < -0.4 is 0 Å². The van der Waals surface area contributed by atoms with Gasteiger partial charge in [0, 0.05) is 25.7 Å². The smallest absolute Gasteiger partial charge is 0.462 e. The Balaban J connectivity index is 5.22. The number of unbranched alkanes of at least 4 members (excludes halogenated alkanes) is 31. The van der Waals surface area contributed by atoms with Crippen molar-refractivity contribution in [1.82, 2.24) is 0 Å². The summed E-state index contributed by atoms with van der Waals surface area (Å²) in [5.74, 6) is -0.722. The molecule has 0 aromatic carbocycles. The van der Waals surface area contributed by atoms with Crippen LogP contribution in [0.3, 0.4) is 0 Å². The van der Waals surface area contributed by atoms with Gasteiger partial charge >= 0.3 is 39.5 Å². The number of phosphoric acid groups is 2. The first-order valence-corrected chi connectivity index (χ1v) is 35.5. The molecule has 0 spiro atoms. The summed E-state index contributed by atoms with van der Waals surface area (Å²) in [6, 6.07) is 0. The third-order valence-corrected chi connectivity index (χ3v) is 16.1. The summed E-state index contributed by atoms with van der Waals surface area (Å²) >= 11 is 0. The third kappa shape index (κ3) is 56.9. The maximum atomic E-state index is 13.0. The number of phosphoric ester groups is 2. The van der Waals surface area contributed by atoms with Crippen molar-refractivity contribution < 1.29 is 80.2 Å². The van der Waals surface area contributed by atoms with Crippen LogP contribution in [-0.2, 0) is 65.4 Å².